The molecule has 2 aromatic heterocycles. The van der Waals surface area contributed by atoms with Crippen molar-refractivity contribution in [2.75, 3.05) is 0 Å². The molecule has 2 aromatic rings. The van der Waals surface area contributed by atoms with Crippen molar-refractivity contribution in [3.05, 3.63) is 44.8 Å². The highest BCUT2D eigenvalue weighted by Gasteiger charge is 2.44. The van der Waals surface area contributed by atoms with Crippen molar-refractivity contribution in [2.24, 2.45) is 0 Å². The van der Waals surface area contributed by atoms with Crippen molar-refractivity contribution in [1.82, 2.24) is 0 Å². The lowest BCUT2D eigenvalue weighted by molar-refractivity contribution is -0.168. The molecule has 0 atom stereocenters. The minimum absolute atomic E-state index is 0.0577. The van der Waals surface area contributed by atoms with Crippen LogP contribution in [0.5, 0.6) is 0 Å². The zero-order valence-corrected chi connectivity index (χ0v) is 13.3. The van der Waals surface area contributed by atoms with Gasteiger partial charge < -0.3 is 9.84 Å². The lowest BCUT2D eigenvalue weighted by atomic mass is 9.96. The average Bonchev–Trinajstić information content (AvgIpc) is 3.21. The molecule has 5 heteroatoms. The smallest absolute Gasteiger partial charge is 0.349 e. The number of hydrogen-bond donors (Lipinski definition) is 1. The van der Waals surface area contributed by atoms with Crippen LogP contribution in [0.15, 0.2) is 35.0 Å². The van der Waals surface area contributed by atoms with Crippen molar-refractivity contribution in [3.63, 3.8) is 0 Å². The van der Waals surface area contributed by atoms with E-state index in [4.69, 9.17) is 4.74 Å². The molecule has 0 amide bonds. The SMILES string of the molecule is O=C(OC1CCCCC1)C(O)(c1cccs1)c1cccs1. The van der Waals surface area contributed by atoms with Crippen LogP contribution < -0.4 is 0 Å². The van der Waals surface area contributed by atoms with Crippen LogP contribution in [0.2, 0.25) is 0 Å². The lowest BCUT2D eigenvalue weighted by Crippen LogP contribution is -2.39. The van der Waals surface area contributed by atoms with Crippen LogP contribution in [0, 0.1) is 0 Å². The molecular weight excluding hydrogens is 304 g/mol. The van der Waals surface area contributed by atoms with E-state index < -0.39 is 11.6 Å². The second-order valence-corrected chi connectivity index (χ2v) is 7.23. The van der Waals surface area contributed by atoms with Gasteiger partial charge in [-0.25, -0.2) is 4.79 Å². The van der Waals surface area contributed by atoms with E-state index in [1.165, 1.54) is 29.1 Å². The molecule has 1 N–H and O–H groups in total. The predicted molar refractivity (Wildman–Crippen MR) is 84.6 cm³/mol. The Labute approximate surface area is 132 Å². The molecule has 112 valence electrons. The van der Waals surface area contributed by atoms with Crippen LogP contribution in [0.3, 0.4) is 0 Å². The Balaban J connectivity index is 1.87. The summed E-state index contributed by atoms with van der Waals surface area (Å²) in [6.45, 7) is 0. The molecule has 1 saturated carbocycles. The van der Waals surface area contributed by atoms with E-state index in [-0.39, 0.29) is 6.10 Å². The summed E-state index contributed by atoms with van der Waals surface area (Å²) in [6, 6.07) is 7.25. The summed E-state index contributed by atoms with van der Waals surface area (Å²) in [5.41, 5.74) is -1.67. The minimum atomic E-state index is -1.67. The van der Waals surface area contributed by atoms with Gasteiger partial charge in [0.25, 0.3) is 0 Å². The zero-order chi connectivity index (χ0) is 14.7. The van der Waals surface area contributed by atoms with E-state index in [9.17, 15) is 9.90 Å². The van der Waals surface area contributed by atoms with E-state index in [0.29, 0.717) is 9.75 Å². The first kappa shape index (κ1) is 14.8. The van der Waals surface area contributed by atoms with E-state index >= 15 is 0 Å². The highest BCUT2D eigenvalue weighted by molar-refractivity contribution is 7.12. The third kappa shape index (κ3) is 2.91. The van der Waals surface area contributed by atoms with Crippen molar-refractivity contribution >= 4 is 28.6 Å². The molecule has 0 aliphatic heterocycles. The van der Waals surface area contributed by atoms with Crippen molar-refractivity contribution in [2.45, 2.75) is 43.8 Å². The van der Waals surface area contributed by atoms with Gasteiger partial charge in [0, 0.05) is 0 Å². The molecule has 0 aromatic carbocycles. The maximum Gasteiger partial charge on any atom is 0.349 e. The van der Waals surface area contributed by atoms with Gasteiger partial charge in [0.15, 0.2) is 0 Å². The number of esters is 1. The molecule has 3 nitrogen and oxygen atoms in total. The van der Waals surface area contributed by atoms with Crippen LogP contribution in [0.25, 0.3) is 0 Å². The second kappa shape index (κ2) is 6.30. The van der Waals surface area contributed by atoms with Gasteiger partial charge in [0.2, 0.25) is 5.60 Å². The molecule has 2 heterocycles. The quantitative estimate of drug-likeness (QED) is 0.868. The largest absolute Gasteiger partial charge is 0.460 e. The summed E-state index contributed by atoms with van der Waals surface area (Å²) in [5, 5.41) is 14.8. The fourth-order valence-electron chi connectivity index (χ4n) is 2.71. The third-order valence-corrected chi connectivity index (χ3v) is 5.83. The minimum Gasteiger partial charge on any atom is -0.460 e. The Bertz CT molecular complexity index is 534. The van der Waals surface area contributed by atoms with Crippen LogP contribution in [0.1, 0.15) is 41.9 Å². The van der Waals surface area contributed by atoms with Gasteiger partial charge in [-0.1, -0.05) is 18.6 Å². The van der Waals surface area contributed by atoms with Gasteiger partial charge in [0.05, 0.1) is 9.75 Å². The molecule has 0 saturated heterocycles. The molecule has 1 fully saturated rings. The van der Waals surface area contributed by atoms with E-state index in [0.717, 1.165) is 25.7 Å². The number of aliphatic hydroxyl groups is 1. The van der Waals surface area contributed by atoms with Crippen molar-refractivity contribution in [3.8, 4) is 0 Å². The van der Waals surface area contributed by atoms with Crippen LogP contribution in [-0.2, 0) is 15.1 Å². The summed E-state index contributed by atoms with van der Waals surface area (Å²) in [6.07, 6.45) is 5.13. The summed E-state index contributed by atoms with van der Waals surface area (Å²) in [7, 11) is 0. The van der Waals surface area contributed by atoms with Gasteiger partial charge in [-0.15, -0.1) is 22.7 Å². The first-order valence-electron chi connectivity index (χ1n) is 7.22. The molecule has 0 bridgehead atoms. The number of thiophene rings is 2. The fraction of sp³-hybridized carbons (Fsp3) is 0.438. The predicted octanol–water partition coefficient (Wildman–Crippen LogP) is 3.92. The van der Waals surface area contributed by atoms with E-state index in [2.05, 4.69) is 0 Å². The zero-order valence-electron chi connectivity index (χ0n) is 11.7. The standard InChI is InChI=1S/C16H18O3S2/c17-15(19-12-6-2-1-3-7-12)16(18,13-8-4-10-20-13)14-9-5-11-21-14/h4-5,8-12,18H,1-3,6-7H2. The Hall–Kier alpha value is -1.17. The molecule has 0 spiro atoms. The molecule has 0 unspecified atom stereocenters. The first-order chi connectivity index (χ1) is 10.2. The molecule has 1 aliphatic rings. The average molecular weight is 322 g/mol. The van der Waals surface area contributed by atoms with Crippen LogP contribution in [0.4, 0.5) is 0 Å². The van der Waals surface area contributed by atoms with Crippen molar-refractivity contribution < 1.29 is 14.6 Å². The monoisotopic (exact) mass is 322 g/mol. The van der Waals surface area contributed by atoms with Gasteiger partial charge in [-0.3, -0.25) is 0 Å². The normalized spacial score (nSPS) is 16.8. The summed E-state index contributed by atoms with van der Waals surface area (Å²) in [5.74, 6) is -0.542. The van der Waals surface area contributed by atoms with Gasteiger partial charge in [-0.2, -0.15) is 0 Å². The Kier molecular flexibility index (Phi) is 4.42. The lowest BCUT2D eigenvalue weighted by Gasteiger charge is -2.28. The number of carbonyl (C=O) groups is 1. The number of hydrogen-bond acceptors (Lipinski definition) is 5. The number of rotatable bonds is 4. The molecular formula is C16H18O3S2. The number of carbonyl (C=O) groups excluding carboxylic acids is 1. The maximum atomic E-state index is 12.7. The Morgan fingerprint density at radius 2 is 1.67 bits per heavy atom. The van der Waals surface area contributed by atoms with Crippen LogP contribution >= 0.6 is 22.7 Å². The highest BCUT2D eigenvalue weighted by atomic mass is 32.1. The summed E-state index contributed by atoms with van der Waals surface area (Å²) < 4.78 is 5.63. The van der Waals surface area contributed by atoms with E-state index in [1.54, 1.807) is 12.1 Å². The van der Waals surface area contributed by atoms with Crippen molar-refractivity contribution in [1.29, 1.82) is 0 Å². The Morgan fingerprint density at radius 1 is 1.10 bits per heavy atom. The third-order valence-electron chi connectivity index (χ3n) is 3.88. The molecule has 0 radical (unpaired) electrons. The molecule has 3 rings (SSSR count). The first-order valence-corrected chi connectivity index (χ1v) is 8.98. The fourth-order valence-corrected chi connectivity index (χ4v) is 4.43. The van der Waals surface area contributed by atoms with Gasteiger partial charge >= 0.3 is 5.97 Å². The van der Waals surface area contributed by atoms with Crippen LogP contribution in [-0.4, -0.2) is 17.2 Å². The molecule has 1 aliphatic carbocycles. The number of ether oxygens (including phenoxy) is 1. The highest BCUT2D eigenvalue weighted by Crippen LogP contribution is 2.37. The summed E-state index contributed by atoms with van der Waals surface area (Å²) >= 11 is 2.75. The maximum absolute atomic E-state index is 12.7. The van der Waals surface area contributed by atoms with E-state index in [1.807, 2.05) is 22.9 Å². The van der Waals surface area contributed by atoms with Gasteiger partial charge in [-0.05, 0) is 48.6 Å². The van der Waals surface area contributed by atoms with Gasteiger partial charge in [0.1, 0.15) is 6.10 Å². The summed E-state index contributed by atoms with van der Waals surface area (Å²) in [4.78, 5) is 13.9. The second-order valence-electron chi connectivity index (χ2n) is 5.33. The topological polar surface area (TPSA) is 46.5 Å². The Morgan fingerprint density at radius 3 is 2.14 bits per heavy atom. The molecule has 21 heavy (non-hydrogen) atoms.